The Morgan fingerprint density at radius 2 is 1.76 bits per heavy atom. The van der Waals surface area contributed by atoms with Crippen LogP contribution in [0.25, 0.3) is 22.1 Å². The number of fused-ring (bicyclic) bond motifs is 5. The first-order valence-corrected chi connectivity index (χ1v) is 14.7. The van der Waals surface area contributed by atoms with Crippen LogP contribution in [-0.2, 0) is 16.9 Å². The maximum Gasteiger partial charge on any atom is 0.425 e. The van der Waals surface area contributed by atoms with Crippen LogP contribution < -0.4 is 14.8 Å². The van der Waals surface area contributed by atoms with E-state index in [9.17, 15) is 14.4 Å². The summed E-state index contributed by atoms with van der Waals surface area (Å²) in [6.45, 7) is 6.74. The minimum absolute atomic E-state index is 0.0878. The van der Waals surface area contributed by atoms with Crippen molar-refractivity contribution in [1.82, 2.24) is 34.3 Å². The van der Waals surface area contributed by atoms with E-state index in [1.54, 1.807) is 39.0 Å². The summed E-state index contributed by atoms with van der Waals surface area (Å²) < 4.78 is 20.1. The van der Waals surface area contributed by atoms with Gasteiger partial charge in [-0.1, -0.05) is 36.4 Å². The summed E-state index contributed by atoms with van der Waals surface area (Å²) in [4.78, 5) is 55.3. The molecule has 1 fully saturated rings. The van der Waals surface area contributed by atoms with Crippen molar-refractivity contribution >= 4 is 40.3 Å². The number of carbonyl (C=O) groups is 3. The molecule has 2 aliphatic rings. The molecule has 13 heteroatoms. The quantitative estimate of drug-likeness (QED) is 0.289. The summed E-state index contributed by atoms with van der Waals surface area (Å²) in [6.07, 6.45) is 1.99. The molecule has 45 heavy (non-hydrogen) atoms. The van der Waals surface area contributed by atoms with Crippen LogP contribution >= 0.6 is 0 Å². The lowest BCUT2D eigenvalue weighted by atomic mass is 9.87. The maximum atomic E-state index is 14.1. The van der Waals surface area contributed by atoms with E-state index in [1.165, 1.54) is 21.7 Å². The molecule has 1 saturated heterocycles. The van der Waals surface area contributed by atoms with Gasteiger partial charge in [-0.05, 0) is 70.5 Å². The molecule has 0 bridgehead atoms. The number of hydrogen-bond donors (Lipinski definition) is 1. The lowest BCUT2D eigenvalue weighted by Crippen LogP contribution is -2.54. The van der Waals surface area contributed by atoms with Crippen LogP contribution in [0.4, 0.5) is 14.4 Å². The maximum absolute atomic E-state index is 14.1. The number of benzene rings is 2. The number of piperidine rings is 1. The number of rotatable bonds is 4. The minimum atomic E-state index is -1.05. The van der Waals surface area contributed by atoms with Crippen LogP contribution in [-0.4, -0.2) is 65.9 Å². The third-order valence-corrected chi connectivity index (χ3v) is 7.94. The van der Waals surface area contributed by atoms with Crippen LogP contribution in [0.15, 0.2) is 67.1 Å². The first-order valence-electron chi connectivity index (χ1n) is 14.7. The average molecular weight is 610 g/mol. The molecule has 2 aliphatic heterocycles. The number of amides is 2. The molecule has 5 heterocycles. The molecule has 3 aromatic heterocycles. The monoisotopic (exact) mass is 609 g/mol. The Morgan fingerprint density at radius 1 is 0.978 bits per heavy atom. The zero-order valence-electron chi connectivity index (χ0n) is 25.0. The second-order valence-electron chi connectivity index (χ2n) is 12.0. The van der Waals surface area contributed by atoms with E-state index >= 15 is 0 Å². The van der Waals surface area contributed by atoms with Crippen LogP contribution in [0.2, 0.25) is 0 Å². The molecule has 0 saturated carbocycles. The van der Waals surface area contributed by atoms with Crippen molar-refractivity contribution in [3.63, 3.8) is 0 Å². The van der Waals surface area contributed by atoms with Gasteiger partial charge < -0.3 is 19.5 Å². The lowest BCUT2D eigenvalue weighted by molar-refractivity contribution is 0.0543. The van der Waals surface area contributed by atoms with E-state index in [0.29, 0.717) is 60.5 Å². The SMILES string of the molecule is CC(C)(C)OC(=O)n1ccc2c(OC(=O)N3C(=O)n4c(nc5c(OCc6ccccc6)cccc54)C34CCNCC4)ncnc21. The zero-order valence-corrected chi connectivity index (χ0v) is 25.0. The Bertz CT molecular complexity index is 1950. The van der Waals surface area contributed by atoms with Crippen molar-refractivity contribution in [2.24, 2.45) is 0 Å². The van der Waals surface area contributed by atoms with Crippen LogP contribution in [0.1, 0.15) is 45.0 Å². The number of ether oxygens (including phenoxy) is 3. The average Bonchev–Trinajstić information content (AvgIpc) is 3.69. The standard InChI is InChI=1S/C32H31N7O6/c1-31(2,3)45-29(41)37-17-12-21-25(37)34-19-35-26(21)44-30(42)39-28(40)38-22-10-7-11-23(43-18-20-8-5-4-6-9-20)24(22)36-27(38)32(39)13-15-33-16-14-32/h4-12,17,19,33H,13-16,18H2,1-3H3. The van der Waals surface area contributed by atoms with Crippen LogP contribution in [0, 0.1) is 0 Å². The highest BCUT2D eigenvalue weighted by molar-refractivity contribution is 6.03. The summed E-state index contributed by atoms with van der Waals surface area (Å²) in [6, 6.07) is 16.2. The smallest absolute Gasteiger partial charge is 0.425 e. The van der Waals surface area contributed by atoms with Crippen molar-refractivity contribution in [3.8, 4) is 11.6 Å². The molecule has 230 valence electrons. The van der Waals surface area contributed by atoms with Gasteiger partial charge in [0.15, 0.2) is 5.65 Å². The summed E-state index contributed by atoms with van der Waals surface area (Å²) in [5.74, 6) is 0.915. The molecule has 2 amide bonds. The highest BCUT2D eigenvalue weighted by Gasteiger charge is 2.56. The van der Waals surface area contributed by atoms with Crippen LogP contribution in [0.3, 0.4) is 0 Å². The van der Waals surface area contributed by atoms with Gasteiger partial charge in [-0.2, -0.15) is 0 Å². The molecule has 0 atom stereocenters. The molecule has 0 aliphatic carbocycles. The highest BCUT2D eigenvalue weighted by atomic mass is 16.6. The second kappa shape index (κ2) is 10.7. The van der Waals surface area contributed by atoms with Gasteiger partial charge in [-0.15, -0.1) is 0 Å². The molecule has 0 radical (unpaired) electrons. The van der Waals surface area contributed by atoms with Gasteiger partial charge in [0.05, 0.1) is 10.9 Å². The van der Waals surface area contributed by atoms with Gasteiger partial charge in [-0.25, -0.2) is 43.4 Å². The Labute approximate surface area is 257 Å². The molecule has 1 N–H and O–H groups in total. The molecule has 1 spiro atoms. The Morgan fingerprint density at radius 3 is 2.51 bits per heavy atom. The van der Waals surface area contributed by atoms with E-state index in [-0.39, 0.29) is 11.5 Å². The predicted molar refractivity (Wildman–Crippen MR) is 162 cm³/mol. The predicted octanol–water partition coefficient (Wildman–Crippen LogP) is 5.20. The third-order valence-electron chi connectivity index (χ3n) is 7.94. The Kier molecular flexibility index (Phi) is 6.77. The normalized spacial score (nSPS) is 15.9. The van der Waals surface area contributed by atoms with Gasteiger partial charge in [0, 0.05) is 6.20 Å². The molecular formula is C32H31N7O6. The fourth-order valence-electron chi connectivity index (χ4n) is 5.95. The molecule has 0 unspecified atom stereocenters. The van der Waals surface area contributed by atoms with Gasteiger partial charge in [-0.3, -0.25) is 0 Å². The first-order chi connectivity index (χ1) is 21.7. The van der Waals surface area contributed by atoms with Gasteiger partial charge >= 0.3 is 18.2 Å². The van der Waals surface area contributed by atoms with E-state index < -0.39 is 29.4 Å². The minimum Gasteiger partial charge on any atom is -0.487 e. The number of imidazole rings is 1. The molecule has 7 rings (SSSR count). The highest BCUT2D eigenvalue weighted by Crippen LogP contribution is 2.45. The summed E-state index contributed by atoms with van der Waals surface area (Å²) in [7, 11) is 0. The van der Waals surface area contributed by atoms with E-state index in [4.69, 9.17) is 19.2 Å². The fourth-order valence-corrected chi connectivity index (χ4v) is 5.95. The fraction of sp³-hybridized carbons (Fsp3) is 0.312. The van der Waals surface area contributed by atoms with Gasteiger partial charge in [0.25, 0.3) is 0 Å². The van der Waals surface area contributed by atoms with Crippen molar-refractivity contribution in [1.29, 1.82) is 0 Å². The summed E-state index contributed by atoms with van der Waals surface area (Å²) in [5.41, 5.74) is 0.508. The van der Waals surface area contributed by atoms with Crippen LogP contribution in [0.5, 0.6) is 11.6 Å². The zero-order chi connectivity index (χ0) is 31.3. The largest absolute Gasteiger partial charge is 0.487 e. The number of para-hydroxylation sites is 1. The van der Waals surface area contributed by atoms with Gasteiger partial charge in [0.2, 0.25) is 5.88 Å². The molecular weight excluding hydrogens is 578 g/mol. The van der Waals surface area contributed by atoms with E-state index in [1.807, 2.05) is 36.4 Å². The lowest BCUT2D eigenvalue weighted by Gasteiger charge is -2.37. The topological polar surface area (TPSA) is 143 Å². The Balaban J connectivity index is 1.22. The van der Waals surface area contributed by atoms with Crippen molar-refractivity contribution in [2.45, 2.75) is 51.4 Å². The third kappa shape index (κ3) is 4.85. The number of imide groups is 1. The summed E-state index contributed by atoms with van der Waals surface area (Å²) in [5, 5.41) is 3.62. The van der Waals surface area contributed by atoms with E-state index in [2.05, 4.69) is 15.3 Å². The Hall–Kier alpha value is -5.30. The van der Waals surface area contributed by atoms with Crippen molar-refractivity contribution in [3.05, 3.63) is 78.5 Å². The van der Waals surface area contributed by atoms with Gasteiger partial charge in [0.1, 0.15) is 41.2 Å². The number of nitrogens with zero attached hydrogens (tertiary/aromatic N) is 6. The second-order valence-corrected chi connectivity index (χ2v) is 12.0. The number of nitrogens with one attached hydrogen (secondary N) is 1. The first kappa shape index (κ1) is 28.5. The van der Waals surface area contributed by atoms with Crippen molar-refractivity contribution < 1.29 is 28.6 Å². The molecule has 5 aromatic rings. The number of carbonyl (C=O) groups excluding carboxylic acids is 3. The molecule has 2 aromatic carbocycles. The molecule has 13 nitrogen and oxygen atoms in total. The van der Waals surface area contributed by atoms with Crippen molar-refractivity contribution in [2.75, 3.05) is 13.1 Å². The summed E-state index contributed by atoms with van der Waals surface area (Å²) >= 11 is 0. The number of aromatic nitrogens is 5. The van der Waals surface area contributed by atoms with E-state index in [0.717, 1.165) is 10.5 Å². The number of hydrogen-bond acceptors (Lipinski definition) is 10.